The van der Waals surface area contributed by atoms with Crippen LogP contribution in [0.4, 0.5) is 0 Å². The van der Waals surface area contributed by atoms with Crippen molar-refractivity contribution >= 4 is 5.91 Å². The van der Waals surface area contributed by atoms with E-state index in [9.17, 15) is 4.79 Å². The Balaban J connectivity index is 2.07. The zero-order chi connectivity index (χ0) is 13.7. The van der Waals surface area contributed by atoms with Crippen molar-refractivity contribution in [3.8, 4) is 0 Å². The molecule has 0 aromatic heterocycles. The first-order valence-corrected chi connectivity index (χ1v) is 6.88. The number of carbonyl (C=O) groups is 1. The number of nitrogens with two attached hydrogens (primary N) is 1. The highest BCUT2D eigenvalue weighted by Crippen LogP contribution is 2.22. The van der Waals surface area contributed by atoms with Crippen molar-refractivity contribution in [3.05, 3.63) is 35.4 Å². The largest absolute Gasteiger partial charge is 0.379 e. The van der Waals surface area contributed by atoms with E-state index in [1.807, 2.05) is 24.3 Å². The first-order chi connectivity index (χ1) is 9.26. The number of amides is 1. The zero-order valence-electron chi connectivity index (χ0n) is 11.4. The number of carbonyl (C=O) groups excluding carboxylic acids is 1. The summed E-state index contributed by atoms with van der Waals surface area (Å²) in [5, 5.41) is 3.09. The van der Waals surface area contributed by atoms with Crippen LogP contribution in [0.15, 0.2) is 24.3 Å². The molecule has 104 valence electrons. The van der Waals surface area contributed by atoms with Gasteiger partial charge in [-0.15, -0.1) is 0 Å². The molecular formula is C15H22N2O2. The van der Waals surface area contributed by atoms with Gasteiger partial charge in [0.25, 0.3) is 5.91 Å². The highest BCUT2D eigenvalue weighted by Gasteiger charge is 2.28. The lowest BCUT2D eigenvalue weighted by Gasteiger charge is -2.20. The molecule has 0 bridgehead atoms. The minimum atomic E-state index is -0.0157. The highest BCUT2D eigenvalue weighted by atomic mass is 16.5. The van der Waals surface area contributed by atoms with Crippen LogP contribution < -0.4 is 11.1 Å². The van der Waals surface area contributed by atoms with Crippen molar-refractivity contribution < 1.29 is 9.53 Å². The SMILES string of the molecule is COC1CCCC1NC(=O)c1ccccc1CCN. The molecule has 0 saturated heterocycles. The van der Waals surface area contributed by atoms with Gasteiger partial charge >= 0.3 is 0 Å². The Labute approximate surface area is 114 Å². The molecule has 0 heterocycles. The number of hydrogen-bond donors (Lipinski definition) is 2. The minimum Gasteiger partial charge on any atom is -0.379 e. The molecule has 1 aliphatic rings. The summed E-state index contributed by atoms with van der Waals surface area (Å²) >= 11 is 0. The van der Waals surface area contributed by atoms with Crippen LogP contribution in [0.1, 0.15) is 35.2 Å². The van der Waals surface area contributed by atoms with Crippen LogP contribution in [-0.2, 0) is 11.2 Å². The van der Waals surface area contributed by atoms with E-state index in [0.29, 0.717) is 6.54 Å². The summed E-state index contributed by atoms with van der Waals surface area (Å²) in [6, 6.07) is 7.77. The maximum absolute atomic E-state index is 12.4. The molecular weight excluding hydrogens is 240 g/mol. The fourth-order valence-corrected chi connectivity index (χ4v) is 2.73. The molecule has 1 amide bonds. The Hall–Kier alpha value is -1.39. The second kappa shape index (κ2) is 6.68. The lowest BCUT2D eigenvalue weighted by atomic mass is 10.0. The van der Waals surface area contributed by atoms with Crippen LogP contribution in [-0.4, -0.2) is 31.7 Å². The molecule has 1 aliphatic carbocycles. The Kier molecular flexibility index (Phi) is 4.93. The smallest absolute Gasteiger partial charge is 0.251 e. The molecule has 4 nitrogen and oxygen atoms in total. The summed E-state index contributed by atoms with van der Waals surface area (Å²) in [6.07, 6.45) is 3.98. The van der Waals surface area contributed by atoms with Crippen molar-refractivity contribution in [2.24, 2.45) is 5.73 Å². The zero-order valence-corrected chi connectivity index (χ0v) is 11.4. The molecule has 2 unspecified atom stereocenters. The van der Waals surface area contributed by atoms with E-state index in [4.69, 9.17) is 10.5 Å². The first kappa shape index (κ1) is 14.0. The molecule has 1 saturated carbocycles. The monoisotopic (exact) mass is 262 g/mol. The summed E-state index contributed by atoms with van der Waals surface area (Å²) in [4.78, 5) is 12.4. The van der Waals surface area contributed by atoms with Gasteiger partial charge < -0.3 is 15.8 Å². The second-order valence-electron chi connectivity index (χ2n) is 4.98. The van der Waals surface area contributed by atoms with Gasteiger partial charge in [0.15, 0.2) is 0 Å². The summed E-state index contributed by atoms with van der Waals surface area (Å²) in [5.41, 5.74) is 7.33. The van der Waals surface area contributed by atoms with Crippen LogP contribution in [0.2, 0.25) is 0 Å². The number of benzene rings is 1. The quantitative estimate of drug-likeness (QED) is 0.845. The predicted octanol–water partition coefficient (Wildman–Crippen LogP) is 1.49. The van der Waals surface area contributed by atoms with Gasteiger partial charge in [-0.2, -0.15) is 0 Å². The lowest BCUT2D eigenvalue weighted by molar-refractivity contribution is 0.0721. The molecule has 2 atom stereocenters. The highest BCUT2D eigenvalue weighted by molar-refractivity contribution is 5.95. The normalized spacial score (nSPS) is 22.4. The van der Waals surface area contributed by atoms with E-state index >= 15 is 0 Å². The van der Waals surface area contributed by atoms with E-state index in [1.165, 1.54) is 0 Å². The average Bonchev–Trinajstić information content (AvgIpc) is 2.87. The van der Waals surface area contributed by atoms with Crippen LogP contribution in [0.3, 0.4) is 0 Å². The van der Waals surface area contributed by atoms with Crippen molar-refractivity contribution in [1.82, 2.24) is 5.32 Å². The van der Waals surface area contributed by atoms with E-state index in [2.05, 4.69) is 5.32 Å². The van der Waals surface area contributed by atoms with E-state index in [-0.39, 0.29) is 18.1 Å². The number of nitrogens with one attached hydrogen (secondary N) is 1. The summed E-state index contributed by atoms with van der Waals surface area (Å²) in [7, 11) is 1.71. The molecule has 0 aliphatic heterocycles. The van der Waals surface area contributed by atoms with Crippen LogP contribution in [0.25, 0.3) is 0 Å². The molecule has 2 rings (SSSR count). The van der Waals surface area contributed by atoms with Crippen LogP contribution in [0.5, 0.6) is 0 Å². The van der Waals surface area contributed by atoms with E-state index in [1.54, 1.807) is 7.11 Å². The fraction of sp³-hybridized carbons (Fsp3) is 0.533. The Bertz CT molecular complexity index is 434. The molecule has 1 aromatic carbocycles. The van der Waals surface area contributed by atoms with E-state index in [0.717, 1.165) is 36.8 Å². The standard InChI is InChI=1S/C15H22N2O2/c1-19-14-8-4-7-13(14)17-15(18)12-6-3-2-5-11(12)9-10-16/h2-3,5-6,13-14H,4,7-10,16H2,1H3,(H,17,18). The summed E-state index contributed by atoms with van der Waals surface area (Å²) in [5.74, 6) is -0.0157. The van der Waals surface area contributed by atoms with Gasteiger partial charge in [0.1, 0.15) is 0 Å². The third kappa shape index (κ3) is 3.33. The van der Waals surface area contributed by atoms with Gasteiger partial charge in [0, 0.05) is 12.7 Å². The average molecular weight is 262 g/mol. The molecule has 3 N–H and O–H groups in total. The van der Waals surface area contributed by atoms with E-state index < -0.39 is 0 Å². The fourth-order valence-electron chi connectivity index (χ4n) is 2.73. The van der Waals surface area contributed by atoms with Crippen LogP contribution >= 0.6 is 0 Å². The van der Waals surface area contributed by atoms with Crippen LogP contribution in [0, 0.1) is 0 Å². The second-order valence-corrected chi connectivity index (χ2v) is 4.98. The van der Waals surface area contributed by atoms with Gasteiger partial charge in [-0.05, 0) is 43.9 Å². The Morgan fingerprint density at radius 2 is 2.21 bits per heavy atom. The van der Waals surface area contributed by atoms with Crippen molar-refractivity contribution in [2.75, 3.05) is 13.7 Å². The molecule has 4 heteroatoms. The maximum Gasteiger partial charge on any atom is 0.251 e. The number of ether oxygens (including phenoxy) is 1. The molecule has 19 heavy (non-hydrogen) atoms. The van der Waals surface area contributed by atoms with Crippen molar-refractivity contribution in [1.29, 1.82) is 0 Å². The molecule has 1 aromatic rings. The number of rotatable bonds is 5. The summed E-state index contributed by atoms with van der Waals surface area (Å²) in [6.45, 7) is 0.550. The van der Waals surface area contributed by atoms with Gasteiger partial charge in [-0.25, -0.2) is 0 Å². The third-order valence-electron chi connectivity index (χ3n) is 3.75. The first-order valence-electron chi connectivity index (χ1n) is 6.88. The van der Waals surface area contributed by atoms with Crippen molar-refractivity contribution in [2.45, 2.75) is 37.8 Å². The number of methoxy groups -OCH3 is 1. The Morgan fingerprint density at radius 3 is 2.95 bits per heavy atom. The van der Waals surface area contributed by atoms with Crippen molar-refractivity contribution in [3.63, 3.8) is 0 Å². The van der Waals surface area contributed by atoms with Gasteiger partial charge in [-0.1, -0.05) is 18.2 Å². The third-order valence-corrected chi connectivity index (χ3v) is 3.75. The number of hydrogen-bond acceptors (Lipinski definition) is 3. The van der Waals surface area contributed by atoms with Gasteiger partial charge in [-0.3, -0.25) is 4.79 Å². The topological polar surface area (TPSA) is 64.3 Å². The van der Waals surface area contributed by atoms with Gasteiger partial charge in [0.2, 0.25) is 0 Å². The molecule has 1 fully saturated rings. The molecule has 0 radical (unpaired) electrons. The maximum atomic E-state index is 12.4. The Morgan fingerprint density at radius 1 is 1.42 bits per heavy atom. The lowest BCUT2D eigenvalue weighted by Crippen LogP contribution is -2.41. The summed E-state index contributed by atoms with van der Waals surface area (Å²) < 4.78 is 5.40. The predicted molar refractivity (Wildman–Crippen MR) is 75.1 cm³/mol. The van der Waals surface area contributed by atoms with Gasteiger partial charge in [0.05, 0.1) is 12.1 Å². The minimum absolute atomic E-state index is 0.0157. The molecule has 0 spiro atoms.